The van der Waals surface area contributed by atoms with Crippen LogP contribution in [0.5, 0.6) is 0 Å². The number of hydrogen-bond acceptors (Lipinski definition) is 3. The second kappa shape index (κ2) is 8.21. The van der Waals surface area contributed by atoms with E-state index in [0.29, 0.717) is 11.8 Å². The standard InChI is InChI=1S/C30H20N2O/c1-2-8-21(9-3-1)14-15-22-16-18-23(19-17-22)29-31-32-30(33-29)28-26-12-6-4-10-24(26)20-25-11-5-7-13-27(25)28/h1-20H. The fourth-order valence-electron chi connectivity index (χ4n) is 4.18. The zero-order chi connectivity index (χ0) is 22.0. The number of nitrogens with zero attached hydrogens (tertiary/aromatic N) is 2. The Hall–Kier alpha value is -4.50. The van der Waals surface area contributed by atoms with Crippen LogP contribution in [0.1, 0.15) is 11.1 Å². The smallest absolute Gasteiger partial charge is 0.249 e. The lowest BCUT2D eigenvalue weighted by Crippen LogP contribution is -1.85. The number of benzene rings is 5. The van der Waals surface area contributed by atoms with Crippen LogP contribution in [0.3, 0.4) is 0 Å². The van der Waals surface area contributed by atoms with E-state index in [1.54, 1.807) is 0 Å². The molecule has 0 saturated carbocycles. The summed E-state index contributed by atoms with van der Waals surface area (Å²) in [5.41, 5.74) is 4.16. The van der Waals surface area contributed by atoms with Crippen molar-refractivity contribution in [1.82, 2.24) is 10.2 Å². The molecule has 3 heteroatoms. The second-order valence-electron chi connectivity index (χ2n) is 7.97. The minimum Gasteiger partial charge on any atom is -0.416 e. The van der Waals surface area contributed by atoms with Gasteiger partial charge in [0.05, 0.1) is 5.56 Å². The van der Waals surface area contributed by atoms with Gasteiger partial charge in [0.1, 0.15) is 0 Å². The second-order valence-corrected chi connectivity index (χ2v) is 7.97. The molecule has 0 aliphatic rings. The van der Waals surface area contributed by atoms with Gasteiger partial charge >= 0.3 is 0 Å². The summed E-state index contributed by atoms with van der Waals surface area (Å²) in [7, 11) is 0. The molecule has 0 unspecified atom stereocenters. The van der Waals surface area contributed by atoms with Gasteiger partial charge < -0.3 is 4.42 Å². The van der Waals surface area contributed by atoms with Crippen molar-refractivity contribution >= 4 is 33.7 Å². The molecule has 6 aromatic rings. The van der Waals surface area contributed by atoms with Crippen LogP contribution in [0.2, 0.25) is 0 Å². The molecule has 156 valence electrons. The average Bonchev–Trinajstić information content (AvgIpc) is 3.37. The maximum atomic E-state index is 6.20. The fourth-order valence-corrected chi connectivity index (χ4v) is 4.18. The molecule has 5 aromatic carbocycles. The monoisotopic (exact) mass is 424 g/mol. The Labute approximate surface area is 191 Å². The fraction of sp³-hybridized carbons (Fsp3) is 0. The van der Waals surface area contributed by atoms with E-state index < -0.39 is 0 Å². The highest BCUT2D eigenvalue weighted by Gasteiger charge is 2.16. The quantitative estimate of drug-likeness (QED) is 0.213. The summed E-state index contributed by atoms with van der Waals surface area (Å²) in [6.07, 6.45) is 4.20. The molecule has 0 aliphatic carbocycles. The molecule has 0 saturated heterocycles. The third-order valence-corrected chi connectivity index (χ3v) is 5.84. The largest absolute Gasteiger partial charge is 0.416 e. The summed E-state index contributed by atoms with van der Waals surface area (Å²) in [5.74, 6) is 1.05. The molecule has 0 radical (unpaired) electrons. The minimum atomic E-state index is 0.514. The Morgan fingerprint density at radius 1 is 0.515 bits per heavy atom. The first-order valence-corrected chi connectivity index (χ1v) is 10.9. The number of aromatic nitrogens is 2. The van der Waals surface area contributed by atoms with Crippen molar-refractivity contribution in [2.24, 2.45) is 0 Å². The van der Waals surface area contributed by atoms with Gasteiger partial charge in [-0.15, -0.1) is 10.2 Å². The third-order valence-electron chi connectivity index (χ3n) is 5.84. The van der Waals surface area contributed by atoms with Crippen LogP contribution in [0.4, 0.5) is 0 Å². The lowest BCUT2D eigenvalue weighted by molar-refractivity contribution is 0.586. The molecule has 0 amide bonds. The number of rotatable bonds is 4. The van der Waals surface area contributed by atoms with E-state index in [9.17, 15) is 0 Å². The maximum Gasteiger partial charge on any atom is 0.249 e. The molecule has 0 spiro atoms. The lowest BCUT2D eigenvalue weighted by atomic mass is 9.97. The zero-order valence-corrected chi connectivity index (χ0v) is 17.8. The predicted octanol–water partition coefficient (Wildman–Crippen LogP) is 7.88. The maximum absolute atomic E-state index is 6.20. The Kier molecular flexibility index (Phi) is 4.78. The van der Waals surface area contributed by atoms with Crippen molar-refractivity contribution in [2.45, 2.75) is 0 Å². The summed E-state index contributed by atoms with van der Waals surface area (Å²) in [4.78, 5) is 0. The van der Waals surface area contributed by atoms with Gasteiger partial charge in [-0.3, -0.25) is 0 Å². The molecule has 33 heavy (non-hydrogen) atoms. The van der Waals surface area contributed by atoms with E-state index in [0.717, 1.165) is 38.2 Å². The summed E-state index contributed by atoms with van der Waals surface area (Å²) < 4.78 is 6.20. The van der Waals surface area contributed by atoms with Crippen molar-refractivity contribution in [1.29, 1.82) is 0 Å². The van der Waals surface area contributed by atoms with Crippen LogP contribution < -0.4 is 0 Å². The van der Waals surface area contributed by atoms with Gasteiger partial charge in [-0.2, -0.15) is 0 Å². The summed E-state index contributed by atoms with van der Waals surface area (Å²) in [6, 6.07) is 37.2. The van der Waals surface area contributed by atoms with Crippen molar-refractivity contribution in [3.05, 3.63) is 120 Å². The topological polar surface area (TPSA) is 38.9 Å². The minimum absolute atomic E-state index is 0.514. The third kappa shape index (κ3) is 3.70. The highest BCUT2D eigenvalue weighted by molar-refractivity contribution is 6.11. The van der Waals surface area contributed by atoms with E-state index in [1.807, 2.05) is 54.6 Å². The first kappa shape index (κ1) is 19.2. The highest BCUT2D eigenvalue weighted by atomic mass is 16.4. The molecule has 0 N–H and O–H groups in total. The van der Waals surface area contributed by atoms with Gasteiger partial charge in [0.15, 0.2) is 0 Å². The Morgan fingerprint density at radius 3 is 1.73 bits per heavy atom. The summed E-state index contributed by atoms with van der Waals surface area (Å²) in [5, 5.41) is 13.3. The van der Waals surface area contributed by atoms with E-state index in [1.165, 1.54) is 5.56 Å². The van der Waals surface area contributed by atoms with E-state index in [2.05, 4.69) is 76.9 Å². The van der Waals surface area contributed by atoms with Gasteiger partial charge in [-0.05, 0) is 50.9 Å². The predicted molar refractivity (Wildman–Crippen MR) is 136 cm³/mol. The molecule has 3 nitrogen and oxygen atoms in total. The SMILES string of the molecule is C(=Cc1ccc(-c2nnc(-c3c4ccccc4cc4ccccc34)o2)cc1)c1ccccc1. The van der Waals surface area contributed by atoms with E-state index in [-0.39, 0.29) is 0 Å². The normalized spacial score (nSPS) is 11.5. The van der Waals surface area contributed by atoms with Gasteiger partial charge in [0.2, 0.25) is 11.8 Å². The van der Waals surface area contributed by atoms with Gasteiger partial charge in [-0.25, -0.2) is 0 Å². The van der Waals surface area contributed by atoms with Crippen LogP contribution in [0.25, 0.3) is 56.6 Å². The van der Waals surface area contributed by atoms with Crippen LogP contribution in [-0.4, -0.2) is 10.2 Å². The Bertz CT molecular complexity index is 1540. The van der Waals surface area contributed by atoms with Gasteiger partial charge in [0.25, 0.3) is 0 Å². The average molecular weight is 425 g/mol. The van der Waals surface area contributed by atoms with Crippen molar-refractivity contribution in [3.63, 3.8) is 0 Å². The number of fused-ring (bicyclic) bond motifs is 2. The first-order chi connectivity index (χ1) is 16.3. The Morgan fingerprint density at radius 2 is 1.06 bits per heavy atom. The molecule has 0 fully saturated rings. The van der Waals surface area contributed by atoms with Crippen LogP contribution in [-0.2, 0) is 0 Å². The summed E-state index contributed by atoms with van der Waals surface area (Å²) in [6.45, 7) is 0. The molecular weight excluding hydrogens is 404 g/mol. The molecule has 6 rings (SSSR count). The molecule has 1 heterocycles. The van der Waals surface area contributed by atoms with Crippen LogP contribution in [0.15, 0.2) is 114 Å². The lowest BCUT2D eigenvalue weighted by Gasteiger charge is -2.08. The molecule has 0 bridgehead atoms. The van der Waals surface area contributed by atoms with Crippen molar-refractivity contribution < 1.29 is 4.42 Å². The van der Waals surface area contributed by atoms with Gasteiger partial charge in [-0.1, -0.05) is 103 Å². The first-order valence-electron chi connectivity index (χ1n) is 10.9. The molecule has 1 aromatic heterocycles. The number of hydrogen-bond donors (Lipinski definition) is 0. The Balaban J connectivity index is 1.37. The van der Waals surface area contributed by atoms with E-state index in [4.69, 9.17) is 4.42 Å². The van der Waals surface area contributed by atoms with Crippen molar-refractivity contribution in [2.75, 3.05) is 0 Å². The zero-order valence-electron chi connectivity index (χ0n) is 17.8. The molecule has 0 aliphatic heterocycles. The summed E-state index contributed by atoms with van der Waals surface area (Å²) >= 11 is 0. The van der Waals surface area contributed by atoms with Crippen LogP contribution >= 0.6 is 0 Å². The highest BCUT2D eigenvalue weighted by Crippen LogP contribution is 2.36. The van der Waals surface area contributed by atoms with Gasteiger partial charge in [0, 0.05) is 5.56 Å². The van der Waals surface area contributed by atoms with E-state index >= 15 is 0 Å². The van der Waals surface area contributed by atoms with Crippen molar-refractivity contribution in [3.8, 4) is 22.9 Å². The van der Waals surface area contributed by atoms with Crippen LogP contribution in [0, 0.1) is 0 Å². The molecular formula is C30H20N2O. The molecule has 0 atom stereocenters.